The molecule has 1 N–H and O–H groups in total. The fourth-order valence-electron chi connectivity index (χ4n) is 2.04. The first-order valence-electron chi connectivity index (χ1n) is 6.72. The Kier molecular flexibility index (Phi) is 4.62. The van der Waals surface area contributed by atoms with Crippen molar-refractivity contribution in [3.8, 4) is 0 Å². The zero-order chi connectivity index (χ0) is 16.5. The molecule has 0 saturated carbocycles. The van der Waals surface area contributed by atoms with Crippen LogP contribution in [-0.4, -0.2) is 29.1 Å². The Morgan fingerprint density at radius 3 is 2.59 bits per heavy atom. The molecule has 2 aromatic rings. The van der Waals surface area contributed by atoms with Gasteiger partial charge >= 0.3 is 5.97 Å². The van der Waals surface area contributed by atoms with Crippen LogP contribution >= 0.6 is 11.6 Å². The van der Waals surface area contributed by atoms with E-state index in [1.54, 1.807) is 6.07 Å². The highest BCUT2D eigenvalue weighted by molar-refractivity contribution is 6.88. The third-order valence-electron chi connectivity index (χ3n) is 3.29. The van der Waals surface area contributed by atoms with E-state index >= 15 is 0 Å². The number of carboxylic acids is 1. The van der Waals surface area contributed by atoms with Crippen molar-refractivity contribution in [2.45, 2.75) is 26.1 Å². The van der Waals surface area contributed by atoms with Crippen LogP contribution in [-0.2, 0) is 6.42 Å². The summed E-state index contributed by atoms with van der Waals surface area (Å²) in [4.78, 5) is 18.9. The lowest BCUT2D eigenvalue weighted by molar-refractivity contribution is 0.0688. The number of nitrogens with zero attached hydrogens (tertiary/aromatic N) is 2. The number of carboxylic acid groups (broad SMARTS) is 1. The molecule has 0 aliphatic heterocycles. The molecule has 1 aromatic carbocycles. The highest BCUT2D eigenvalue weighted by Crippen LogP contribution is 2.16. The number of rotatable bonds is 4. The van der Waals surface area contributed by atoms with Gasteiger partial charge in [-0.05, 0) is 11.6 Å². The van der Waals surface area contributed by atoms with Gasteiger partial charge in [0.2, 0.25) is 0 Å². The molecule has 0 atom stereocenters. The van der Waals surface area contributed by atoms with Crippen molar-refractivity contribution in [1.29, 1.82) is 0 Å². The van der Waals surface area contributed by atoms with Crippen molar-refractivity contribution < 1.29 is 14.3 Å². The highest BCUT2D eigenvalue weighted by Gasteiger charge is 2.20. The number of aromatic carboxylic acids is 1. The molecule has 4 nitrogen and oxygen atoms in total. The van der Waals surface area contributed by atoms with Gasteiger partial charge in [0.15, 0.2) is 5.69 Å². The second kappa shape index (κ2) is 6.14. The van der Waals surface area contributed by atoms with Crippen molar-refractivity contribution >= 4 is 30.8 Å². The van der Waals surface area contributed by atoms with Crippen LogP contribution in [0.3, 0.4) is 0 Å². The molecule has 1 aromatic heterocycles. The summed E-state index contributed by atoms with van der Waals surface area (Å²) in [5.74, 6) is -1.57. The normalized spacial score (nSPS) is 11.5. The Labute approximate surface area is 134 Å². The van der Waals surface area contributed by atoms with Gasteiger partial charge in [0.05, 0.1) is 20.0 Å². The third-order valence-corrected chi connectivity index (χ3v) is 5.52. The maximum atomic E-state index is 14.3. The second-order valence-electron chi connectivity index (χ2n) is 6.03. The monoisotopic (exact) mass is 338 g/mol. The average Bonchev–Trinajstić information content (AvgIpc) is 2.39. The molecule has 0 aliphatic carbocycles. The Balaban J connectivity index is 2.40. The van der Waals surface area contributed by atoms with Gasteiger partial charge in [0.25, 0.3) is 0 Å². The van der Waals surface area contributed by atoms with E-state index in [-0.39, 0.29) is 28.8 Å². The Hall–Kier alpha value is -1.79. The van der Waals surface area contributed by atoms with E-state index in [4.69, 9.17) is 16.7 Å². The molecule has 0 saturated heterocycles. The number of aromatic nitrogens is 2. The molecule has 0 radical (unpaired) electrons. The lowest BCUT2D eigenvalue weighted by atomic mass is 10.1. The maximum absolute atomic E-state index is 14.3. The van der Waals surface area contributed by atoms with E-state index in [1.807, 2.05) is 6.07 Å². The van der Waals surface area contributed by atoms with Crippen molar-refractivity contribution in [1.82, 2.24) is 9.97 Å². The van der Waals surface area contributed by atoms with E-state index in [0.29, 0.717) is 5.56 Å². The number of benzene rings is 1. The minimum absolute atomic E-state index is 0.0347. The molecule has 116 valence electrons. The average molecular weight is 339 g/mol. The molecule has 0 spiro atoms. The van der Waals surface area contributed by atoms with Gasteiger partial charge in [-0.25, -0.2) is 19.2 Å². The molecule has 7 heteroatoms. The van der Waals surface area contributed by atoms with Crippen LogP contribution in [0.4, 0.5) is 4.39 Å². The van der Waals surface area contributed by atoms with Crippen molar-refractivity contribution in [2.75, 3.05) is 0 Å². The van der Waals surface area contributed by atoms with Crippen molar-refractivity contribution in [3.63, 3.8) is 0 Å². The molecule has 22 heavy (non-hydrogen) atoms. The van der Waals surface area contributed by atoms with E-state index in [9.17, 15) is 9.18 Å². The molecule has 1 heterocycles. The topological polar surface area (TPSA) is 63.1 Å². The van der Waals surface area contributed by atoms with E-state index in [0.717, 1.165) is 5.19 Å². The van der Waals surface area contributed by atoms with Gasteiger partial charge in [-0.3, -0.25) is 0 Å². The van der Waals surface area contributed by atoms with Crippen molar-refractivity contribution in [2.24, 2.45) is 0 Å². The highest BCUT2D eigenvalue weighted by atomic mass is 35.5. The summed E-state index contributed by atoms with van der Waals surface area (Å²) < 4.78 is 14.3. The molecule has 2 rings (SSSR count). The zero-order valence-electron chi connectivity index (χ0n) is 12.5. The largest absolute Gasteiger partial charge is 0.476 e. The standard InChI is InChI=1S/C15H16ClFN2O2Si/c1-22(2,3)10-5-4-9(11(17)7-10)6-12-14(15(20)21)18-8-13(16)19-12/h4-5,7-8H,6H2,1-3H3,(H,20,21). The SMILES string of the molecule is C[Si](C)(C)c1ccc(Cc2nc(Cl)cnc2C(=O)O)c(F)c1. The van der Waals surface area contributed by atoms with Gasteiger partial charge < -0.3 is 5.11 Å². The van der Waals surface area contributed by atoms with Gasteiger partial charge in [-0.2, -0.15) is 0 Å². The van der Waals surface area contributed by atoms with Crippen LogP contribution in [0.2, 0.25) is 24.8 Å². The van der Waals surface area contributed by atoms with E-state index in [2.05, 4.69) is 29.6 Å². The Morgan fingerprint density at radius 2 is 2.05 bits per heavy atom. The van der Waals surface area contributed by atoms with Gasteiger partial charge in [0.1, 0.15) is 11.0 Å². The first-order valence-corrected chi connectivity index (χ1v) is 10.6. The zero-order valence-corrected chi connectivity index (χ0v) is 14.3. The molecule has 0 fully saturated rings. The predicted octanol–water partition coefficient (Wildman–Crippen LogP) is 3.10. The summed E-state index contributed by atoms with van der Waals surface area (Å²) >= 11 is 5.76. The third kappa shape index (κ3) is 3.69. The molecule has 0 amide bonds. The predicted molar refractivity (Wildman–Crippen MR) is 86.2 cm³/mol. The smallest absolute Gasteiger partial charge is 0.356 e. The van der Waals surface area contributed by atoms with E-state index < -0.39 is 14.0 Å². The quantitative estimate of drug-likeness (QED) is 0.870. The van der Waals surface area contributed by atoms with Crippen molar-refractivity contribution in [3.05, 3.63) is 52.3 Å². The fraction of sp³-hybridized carbons (Fsp3) is 0.267. The summed E-state index contributed by atoms with van der Waals surface area (Å²) in [6.45, 7) is 6.39. The number of hydrogen-bond acceptors (Lipinski definition) is 3. The van der Waals surface area contributed by atoms with Gasteiger partial charge in [-0.15, -0.1) is 0 Å². The minimum Gasteiger partial charge on any atom is -0.476 e. The van der Waals surface area contributed by atoms with Crippen LogP contribution in [0.5, 0.6) is 0 Å². The lowest BCUT2D eigenvalue weighted by Crippen LogP contribution is -2.37. The van der Waals surface area contributed by atoms with Gasteiger partial charge in [0, 0.05) is 6.42 Å². The lowest BCUT2D eigenvalue weighted by Gasteiger charge is -2.17. The summed E-state index contributed by atoms with van der Waals surface area (Å²) in [6.07, 6.45) is 1.20. The second-order valence-corrected chi connectivity index (χ2v) is 11.5. The minimum atomic E-state index is -1.60. The first kappa shape index (κ1) is 16.6. The molecular formula is C15H16ClFN2O2Si. The number of carbonyl (C=O) groups is 1. The molecule has 0 bridgehead atoms. The van der Waals surface area contributed by atoms with Crippen LogP contribution in [0.15, 0.2) is 24.4 Å². The maximum Gasteiger partial charge on any atom is 0.356 e. The molecule has 0 aliphatic rings. The molecule has 0 unspecified atom stereocenters. The summed E-state index contributed by atoms with van der Waals surface area (Å²) in [7, 11) is -1.60. The molecular weight excluding hydrogens is 323 g/mol. The van der Waals surface area contributed by atoms with Crippen LogP contribution in [0.25, 0.3) is 0 Å². The Morgan fingerprint density at radius 1 is 1.36 bits per heavy atom. The van der Waals surface area contributed by atoms with Gasteiger partial charge in [-0.1, -0.05) is 48.6 Å². The first-order chi connectivity index (χ1) is 10.2. The summed E-state index contributed by atoms with van der Waals surface area (Å²) in [5.41, 5.74) is 0.318. The summed E-state index contributed by atoms with van der Waals surface area (Å²) in [5, 5.41) is 10.2. The van der Waals surface area contributed by atoms with Crippen LogP contribution in [0.1, 0.15) is 21.7 Å². The van der Waals surface area contributed by atoms with Crippen LogP contribution < -0.4 is 5.19 Å². The number of halogens is 2. The van der Waals surface area contributed by atoms with Crippen LogP contribution in [0, 0.1) is 5.82 Å². The Bertz CT molecular complexity index is 732. The number of hydrogen-bond donors (Lipinski definition) is 1. The van der Waals surface area contributed by atoms with E-state index in [1.165, 1.54) is 12.3 Å². The fourth-order valence-corrected chi connectivity index (χ4v) is 3.34. The summed E-state index contributed by atoms with van der Waals surface area (Å²) in [6, 6.07) is 5.10.